The van der Waals surface area contributed by atoms with Crippen molar-refractivity contribution in [3.63, 3.8) is 0 Å². The summed E-state index contributed by atoms with van der Waals surface area (Å²) in [5.74, 6) is -0.543. The van der Waals surface area contributed by atoms with E-state index in [-0.39, 0.29) is 29.7 Å². The van der Waals surface area contributed by atoms with Crippen LogP contribution in [0.5, 0.6) is 5.75 Å². The van der Waals surface area contributed by atoms with Crippen LogP contribution in [-0.2, 0) is 9.59 Å². The van der Waals surface area contributed by atoms with E-state index in [0.29, 0.717) is 39.3 Å². The number of amides is 3. The molecule has 0 bridgehead atoms. The highest BCUT2D eigenvalue weighted by atomic mass is 19.1. The maximum Gasteiger partial charge on any atom is 0.254 e. The maximum absolute atomic E-state index is 13.2. The molecule has 0 spiro atoms. The fourth-order valence-electron chi connectivity index (χ4n) is 4.22. The Kier molecular flexibility index (Phi) is 6.76. The van der Waals surface area contributed by atoms with Gasteiger partial charge >= 0.3 is 0 Å². The summed E-state index contributed by atoms with van der Waals surface area (Å²) in [5.41, 5.74) is 1.35. The SMILES string of the molecule is COc1ccc(N2CCN(C(=O)C[C@@H]3C(=O)NCCN3C(=O)c3ccc(F)cc3)CC2)cc1. The number of nitrogens with zero attached hydrogens (tertiary/aromatic N) is 3. The minimum atomic E-state index is -0.886. The number of hydrogen-bond acceptors (Lipinski definition) is 5. The lowest BCUT2D eigenvalue weighted by molar-refractivity contribution is -0.138. The van der Waals surface area contributed by atoms with Crippen LogP contribution in [0.25, 0.3) is 0 Å². The van der Waals surface area contributed by atoms with E-state index >= 15 is 0 Å². The summed E-state index contributed by atoms with van der Waals surface area (Å²) in [7, 11) is 1.63. The molecule has 2 aromatic carbocycles. The van der Waals surface area contributed by atoms with Gasteiger partial charge in [-0.15, -0.1) is 0 Å². The summed E-state index contributed by atoms with van der Waals surface area (Å²) in [6, 6.07) is 12.1. The van der Waals surface area contributed by atoms with Crippen molar-refractivity contribution in [1.82, 2.24) is 15.1 Å². The Labute approximate surface area is 191 Å². The first-order valence-corrected chi connectivity index (χ1v) is 11.0. The zero-order valence-corrected chi connectivity index (χ0v) is 18.5. The van der Waals surface area contributed by atoms with Gasteiger partial charge < -0.3 is 24.8 Å². The van der Waals surface area contributed by atoms with Gasteiger partial charge in [0.2, 0.25) is 11.8 Å². The van der Waals surface area contributed by atoms with Gasteiger partial charge in [-0.3, -0.25) is 14.4 Å². The molecule has 2 aliphatic heterocycles. The number of nitrogens with one attached hydrogen (secondary N) is 1. The van der Waals surface area contributed by atoms with Crippen LogP contribution in [0.2, 0.25) is 0 Å². The number of hydrogen-bond donors (Lipinski definition) is 1. The van der Waals surface area contributed by atoms with Gasteiger partial charge in [0.25, 0.3) is 5.91 Å². The van der Waals surface area contributed by atoms with Crippen molar-refractivity contribution in [1.29, 1.82) is 0 Å². The van der Waals surface area contributed by atoms with Crippen molar-refractivity contribution in [2.24, 2.45) is 0 Å². The molecule has 0 radical (unpaired) electrons. The van der Waals surface area contributed by atoms with Crippen LogP contribution in [0.15, 0.2) is 48.5 Å². The highest BCUT2D eigenvalue weighted by molar-refractivity contribution is 5.99. The minimum absolute atomic E-state index is 0.0820. The van der Waals surface area contributed by atoms with Crippen LogP contribution in [0.3, 0.4) is 0 Å². The second-order valence-corrected chi connectivity index (χ2v) is 8.08. The molecule has 0 aliphatic carbocycles. The Bertz CT molecular complexity index is 1000. The van der Waals surface area contributed by atoms with Crippen LogP contribution >= 0.6 is 0 Å². The molecule has 1 N–H and O–H groups in total. The lowest BCUT2D eigenvalue weighted by Gasteiger charge is -2.39. The monoisotopic (exact) mass is 454 g/mol. The molecule has 2 saturated heterocycles. The smallest absolute Gasteiger partial charge is 0.254 e. The predicted octanol–water partition coefficient (Wildman–Crippen LogP) is 1.51. The summed E-state index contributed by atoms with van der Waals surface area (Å²) in [5, 5.41) is 2.74. The molecule has 0 unspecified atom stereocenters. The van der Waals surface area contributed by atoms with Gasteiger partial charge in [0.15, 0.2) is 0 Å². The third-order valence-electron chi connectivity index (χ3n) is 6.12. The number of halogens is 1. The Morgan fingerprint density at radius 1 is 1.00 bits per heavy atom. The average molecular weight is 455 g/mol. The summed E-state index contributed by atoms with van der Waals surface area (Å²) in [6.45, 7) is 3.03. The van der Waals surface area contributed by atoms with Crippen LogP contribution in [-0.4, -0.2) is 79.9 Å². The third kappa shape index (κ3) is 5.08. The van der Waals surface area contributed by atoms with Crippen molar-refractivity contribution in [2.45, 2.75) is 12.5 Å². The minimum Gasteiger partial charge on any atom is -0.497 e. The van der Waals surface area contributed by atoms with Crippen molar-refractivity contribution in [3.8, 4) is 5.75 Å². The van der Waals surface area contributed by atoms with Crippen molar-refractivity contribution in [2.75, 3.05) is 51.3 Å². The molecule has 33 heavy (non-hydrogen) atoms. The van der Waals surface area contributed by atoms with Crippen LogP contribution in [0, 0.1) is 5.82 Å². The van der Waals surface area contributed by atoms with Crippen molar-refractivity contribution in [3.05, 3.63) is 59.9 Å². The zero-order valence-electron chi connectivity index (χ0n) is 18.5. The van der Waals surface area contributed by atoms with Gasteiger partial charge in [0.1, 0.15) is 17.6 Å². The standard InChI is InChI=1S/C24H27FN4O4/c1-33-20-8-6-19(7-9-20)27-12-14-28(15-13-27)22(30)16-21-23(31)26-10-11-29(21)24(32)17-2-4-18(25)5-3-17/h2-9,21H,10-16H2,1H3,(H,26,31)/t21-/m1/s1. The molecule has 8 nitrogen and oxygen atoms in total. The number of benzene rings is 2. The summed E-state index contributed by atoms with van der Waals surface area (Å²) in [4.78, 5) is 43.9. The Morgan fingerprint density at radius 2 is 1.67 bits per heavy atom. The Balaban J connectivity index is 1.38. The highest BCUT2D eigenvalue weighted by Gasteiger charge is 2.36. The highest BCUT2D eigenvalue weighted by Crippen LogP contribution is 2.21. The second-order valence-electron chi connectivity index (χ2n) is 8.08. The molecule has 2 aliphatic rings. The molecule has 4 rings (SSSR count). The summed E-state index contributed by atoms with van der Waals surface area (Å²) < 4.78 is 18.4. The van der Waals surface area contributed by atoms with E-state index in [1.807, 2.05) is 24.3 Å². The van der Waals surface area contributed by atoms with E-state index in [1.165, 1.54) is 29.2 Å². The van der Waals surface area contributed by atoms with E-state index in [9.17, 15) is 18.8 Å². The predicted molar refractivity (Wildman–Crippen MR) is 121 cm³/mol. The van der Waals surface area contributed by atoms with Gasteiger partial charge in [-0.1, -0.05) is 0 Å². The topological polar surface area (TPSA) is 82.2 Å². The lowest BCUT2D eigenvalue weighted by Crippen LogP contribution is -2.59. The van der Waals surface area contributed by atoms with Gasteiger partial charge in [-0.25, -0.2) is 4.39 Å². The Morgan fingerprint density at radius 3 is 2.30 bits per heavy atom. The van der Waals surface area contributed by atoms with Crippen molar-refractivity contribution >= 4 is 23.4 Å². The number of carbonyl (C=O) groups is 3. The fourth-order valence-corrected chi connectivity index (χ4v) is 4.22. The number of ether oxygens (including phenoxy) is 1. The van der Waals surface area contributed by atoms with Gasteiger partial charge in [-0.2, -0.15) is 0 Å². The molecule has 9 heteroatoms. The maximum atomic E-state index is 13.2. The number of piperazine rings is 2. The van der Waals surface area contributed by atoms with E-state index in [4.69, 9.17) is 4.74 Å². The van der Waals surface area contributed by atoms with Crippen LogP contribution in [0.1, 0.15) is 16.8 Å². The first-order valence-electron chi connectivity index (χ1n) is 11.0. The quantitative estimate of drug-likeness (QED) is 0.741. The van der Waals surface area contributed by atoms with E-state index in [2.05, 4.69) is 10.2 Å². The van der Waals surface area contributed by atoms with E-state index in [0.717, 1.165) is 11.4 Å². The lowest BCUT2D eigenvalue weighted by atomic mass is 10.0. The largest absolute Gasteiger partial charge is 0.497 e. The van der Waals surface area contributed by atoms with Crippen LogP contribution < -0.4 is 15.0 Å². The first-order chi connectivity index (χ1) is 16.0. The van der Waals surface area contributed by atoms with Crippen molar-refractivity contribution < 1.29 is 23.5 Å². The van der Waals surface area contributed by atoms with Gasteiger partial charge in [0, 0.05) is 50.5 Å². The first kappa shape index (κ1) is 22.6. The molecule has 1 atom stereocenters. The summed E-state index contributed by atoms with van der Waals surface area (Å²) >= 11 is 0. The normalized spacial score (nSPS) is 18.7. The van der Waals surface area contributed by atoms with Crippen LogP contribution in [0.4, 0.5) is 10.1 Å². The summed E-state index contributed by atoms with van der Waals surface area (Å²) in [6.07, 6.45) is -0.0820. The molecule has 174 valence electrons. The van der Waals surface area contributed by atoms with E-state index in [1.54, 1.807) is 12.0 Å². The number of anilines is 1. The Hall–Kier alpha value is -3.62. The van der Waals surface area contributed by atoms with Gasteiger partial charge in [0.05, 0.1) is 13.5 Å². The molecule has 0 aromatic heterocycles. The number of methoxy groups -OCH3 is 1. The third-order valence-corrected chi connectivity index (χ3v) is 6.12. The molecular formula is C24H27FN4O4. The van der Waals surface area contributed by atoms with E-state index < -0.39 is 11.9 Å². The molecule has 0 saturated carbocycles. The molecular weight excluding hydrogens is 427 g/mol. The fraction of sp³-hybridized carbons (Fsp3) is 0.375. The molecule has 2 fully saturated rings. The molecule has 2 heterocycles. The number of carbonyl (C=O) groups excluding carboxylic acids is 3. The second kappa shape index (κ2) is 9.89. The zero-order chi connectivity index (χ0) is 23.4. The number of rotatable bonds is 5. The molecule has 3 amide bonds. The average Bonchev–Trinajstić information content (AvgIpc) is 2.85. The van der Waals surface area contributed by atoms with Gasteiger partial charge in [-0.05, 0) is 48.5 Å². The molecule has 2 aromatic rings.